The molecule has 1 heterocycles. The molecule has 0 radical (unpaired) electrons. The third kappa shape index (κ3) is 5.81. The molecule has 24 heavy (non-hydrogen) atoms. The number of nitrogens with zero attached hydrogens (tertiary/aromatic N) is 2. The topological polar surface area (TPSA) is 93.2 Å². The number of amides is 1. The van der Waals surface area contributed by atoms with E-state index < -0.39 is 24.3 Å². The summed E-state index contributed by atoms with van der Waals surface area (Å²) in [6.07, 6.45) is 3.19. The number of halogens is 2. The zero-order valence-corrected chi connectivity index (χ0v) is 13.2. The molecule has 0 saturated heterocycles. The fraction of sp³-hybridized carbons (Fsp3) is 0.200. The summed E-state index contributed by atoms with van der Waals surface area (Å²) in [4.78, 5) is 31.1. The molecule has 1 amide bonds. The lowest BCUT2D eigenvalue weighted by atomic mass is 10.3. The zero-order valence-electron chi connectivity index (χ0n) is 12.5. The Kier molecular flexibility index (Phi) is 6.44. The summed E-state index contributed by atoms with van der Waals surface area (Å²) in [5.74, 6) is -1.29. The second kappa shape index (κ2) is 8.78. The Morgan fingerprint density at radius 2 is 2.00 bits per heavy atom. The van der Waals surface area contributed by atoms with Gasteiger partial charge in [-0.15, -0.1) is 0 Å². The Morgan fingerprint density at radius 1 is 1.25 bits per heavy atom. The molecule has 0 bridgehead atoms. The van der Waals surface area contributed by atoms with Crippen LogP contribution in [0.5, 0.6) is 0 Å². The van der Waals surface area contributed by atoms with Crippen LogP contribution >= 0.6 is 11.6 Å². The van der Waals surface area contributed by atoms with Crippen LogP contribution in [-0.4, -0.2) is 35.0 Å². The first-order valence-electron chi connectivity index (χ1n) is 6.96. The number of aromatic nitrogens is 2. The summed E-state index contributed by atoms with van der Waals surface area (Å²) in [5.41, 5.74) is 0.311. The van der Waals surface area contributed by atoms with Crippen molar-refractivity contribution in [3.05, 3.63) is 47.5 Å². The Labute approximate surface area is 142 Å². The molecule has 2 rings (SSSR count). The van der Waals surface area contributed by atoms with Gasteiger partial charge in [-0.05, 0) is 24.3 Å². The normalized spacial score (nSPS) is 10.1. The average Bonchev–Trinajstić information content (AvgIpc) is 2.57. The predicted octanol–water partition coefficient (Wildman–Crippen LogP) is 2.25. The Bertz CT molecular complexity index is 715. The molecule has 7 nitrogen and oxygen atoms in total. The summed E-state index contributed by atoms with van der Waals surface area (Å²) in [6.45, 7) is -0.173. The van der Waals surface area contributed by atoms with Gasteiger partial charge in [0, 0.05) is 24.6 Å². The number of ether oxygens (including phenoxy) is 1. The maximum atomic E-state index is 13.0. The molecule has 0 aliphatic heterocycles. The molecule has 1 aromatic heterocycles. The van der Waals surface area contributed by atoms with E-state index in [2.05, 4.69) is 20.6 Å². The highest BCUT2D eigenvalue weighted by Gasteiger charge is 2.09. The Morgan fingerprint density at radius 3 is 2.71 bits per heavy atom. The van der Waals surface area contributed by atoms with E-state index in [0.717, 1.165) is 6.07 Å². The predicted molar refractivity (Wildman–Crippen MR) is 86.1 cm³/mol. The van der Waals surface area contributed by atoms with Gasteiger partial charge in [0.1, 0.15) is 5.82 Å². The van der Waals surface area contributed by atoms with Crippen LogP contribution in [0, 0.1) is 5.82 Å². The summed E-state index contributed by atoms with van der Waals surface area (Å²) < 4.78 is 17.8. The van der Waals surface area contributed by atoms with Crippen molar-refractivity contribution in [2.45, 2.75) is 6.42 Å². The largest absolute Gasteiger partial charge is 0.456 e. The van der Waals surface area contributed by atoms with E-state index in [1.165, 1.54) is 12.1 Å². The first-order chi connectivity index (χ1) is 11.5. The highest BCUT2D eigenvalue weighted by Crippen LogP contribution is 2.19. The molecule has 2 N–H and O–H groups in total. The Hall–Kier alpha value is -2.74. The van der Waals surface area contributed by atoms with Gasteiger partial charge in [0.15, 0.2) is 6.61 Å². The minimum atomic E-state index is -0.587. The van der Waals surface area contributed by atoms with Crippen LogP contribution < -0.4 is 10.6 Å². The highest BCUT2D eigenvalue weighted by atomic mass is 35.5. The van der Waals surface area contributed by atoms with Gasteiger partial charge in [-0.3, -0.25) is 9.59 Å². The van der Waals surface area contributed by atoms with Crippen LogP contribution in [0.2, 0.25) is 5.02 Å². The number of nitrogens with one attached hydrogen (secondary N) is 2. The van der Waals surface area contributed by atoms with Gasteiger partial charge in [0.05, 0.1) is 11.4 Å². The molecular weight excluding hydrogens is 339 g/mol. The quantitative estimate of drug-likeness (QED) is 0.742. The van der Waals surface area contributed by atoms with Gasteiger partial charge < -0.3 is 15.4 Å². The number of anilines is 2. The van der Waals surface area contributed by atoms with Crippen molar-refractivity contribution in [1.29, 1.82) is 0 Å². The minimum Gasteiger partial charge on any atom is -0.456 e. The van der Waals surface area contributed by atoms with E-state index in [0.29, 0.717) is 11.6 Å². The molecule has 126 valence electrons. The first-order valence-corrected chi connectivity index (χ1v) is 7.34. The van der Waals surface area contributed by atoms with Crippen LogP contribution in [0.15, 0.2) is 36.7 Å². The van der Waals surface area contributed by atoms with E-state index >= 15 is 0 Å². The molecule has 0 aliphatic rings. The lowest BCUT2D eigenvalue weighted by Gasteiger charge is -2.07. The summed E-state index contributed by atoms with van der Waals surface area (Å²) in [7, 11) is 0. The van der Waals surface area contributed by atoms with E-state index in [1.807, 2.05) is 0 Å². The fourth-order valence-electron chi connectivity index (χ4n) is 1.66. The average molecular weight is 353 g/mol. The van der Waals surface area contributed by atoms with E-state index in [1.54, 1.807) is 18.5 Å². The van der Waals surface area contributed by atoms with Gasteiger partial charge in [-0.2, -0.15) is 0 Å². The Balaban J connectivity index is 1.67. The van der Waals surface area contributed by atoms with Crippen molar-refractivity contribution in [1.82, 2.24) is 9.97 Å². The summed E-state index contributed by atoms with van der Waals surface area (Å²) >= 11 is 5.60. The molecule has 0 spiro atoms. The van der Waals surface area contributed by atoms with Gasteiger partial charge in [-0.25, -0.2) is 14.4 Å². The first kappa shape index (κ1) is 17.6. The summed E-state index contributed by atoms with van der Waals surface area (Å²) in [6, 6.07) is 5.42. The maximum absolute atomic E-state index is 13.0. The number of carbonyl (C=O) groups is 2. The number of carbonyl (C=O) groups excluding carboxylic acids is 2. The van der Waals surface area contributed by atoms with Crippen LogP contribution in [0.4, 0.5) is 16.0 Å². The van der Waals surface area contributed by atoms with Crippen molar-refractivity contribution >= 4 is 35.1 Å². The molecule has 0 unspecified atom stereocenters. The molecular formula is C15H14ClFN4O3. The maximum Gasteiger partial charge on any atom is 0.308 e. The number of rotatable bonds is 7. The van der Waals surface area contributed by atoms with Gasteiger partial charge in [0.25, 0.3) is 5.91 Å². The second-order valence-electron chi connectivity index (χ2n) is 4.59. The molecule has 0 saturated carbocycles. The van der Waals surface area contributed by atoms with Crippen LogP contribution in [0.3, 0.4) is 0 Å². The monoisotopic (exact) mass is 352 g/mol. The van der Waals surface area contributed by atoms with Crippen molar-refractivity contribution in [2.24, 2.45) is 0 Å². The third-order valence-corrected chi connectivity index (χ3v) is 3.04. The molecule has 0 atom stereocenters. The van der Waals surface area contributed by atoms with Gasteiger partial charge in [-0.1, -0.05) is 11.6 Å². The number of hydrogen-bond acceptors (Lipinski definition) is 6. The van der Waals surface area contributed by atoms with Crippen LogP contribution in [-0.2, 0) is 14.3 Å². The minimum absolute atomic E-state index is 0.0495. The van der Waals surface area contributed by atoms with Gasteiger partial charge >= 0.3 is 5.97 Å². The fourth-order valence-corrected chi connectivity index (χ4v) is 1.84. The van der Waals surface area contributed by atoms with Crippen molar-refractivity contribution in [3.8, 4) is 0 Å². The lowest BCUT2D eigenvalue weighted by molar-refractivity contribution is -0.147. The van der Waals surface area contributed by atoms with E-state index in [4.69, 9.17) is 16.3 Å². The summed E-state index contributed by atoms with van der Waals surface area (Å²) in [5, 5.41) is 5.17. The number of esters is 1. The standard InChI is InChI=1S/C15H14ClFN4O3/c16-11-8-10(2-3-12(11)17)21-13(22)9-24-14(23)4-7-20-15-18-5-1-6-19-15/h1-3,5-6,8H,4,7,9H2,(H,21,22)(H,18,19,20). The molecule has 0 fully saturated rings. The smallest absolute Gasteiger partial charge is 0.308 e. The lowest BCUT2D eigenvalue weighted by Crippen LogP contribution is -2.22. The SMILES string of the molecule is O=C(COC(=O)CCNc1ncccn1)Nc1ccc(F)c(Cl)c1. The molecule has 2 aromatic rings. The number of hydrogen-bond donors (Lipinski definition) is 2. The third-order valence-electron chi connectivity index (χ3n) is 2.75. The molecule has 1 aromatic carbocycles. The van der Waals surface area contributed by atoms with Crippen molar-refractivity contribution in [3.63, 3.8) is 0 Å². The zero-order chi connectivity index (χ0) is 17.4. The second-order valence-corrected chi connectivity index (χ2v) is 4.99. The molecule has 9 heteroatoms. The number of benzene rings is 1. The van der Waals surface area contributed by atoms with Crippen LogP contribution in [0.1, 0.15) is 6.42 Å². The van der Waals surface area contributed by atoms with Crippen LogP contribution in [0.25, 0.3) is 0 Å². The van der Waals surface area contributed by atoms with Gasteiger partial charge in [0.2, 0.25) is 5.95 Å². The van der Waals surface area contributed by atoms with Crippen molar-refractivity contribution in [2.75, 3.05) is 23.8 Å². The van der Waals surface area contributed by atoms with Crippen molar-refractivity contribution < 1.29 is 18.7 Å². The molecule has 0 aliphatic carbocycles. The van der Waals surface area contributed by atoms with E-state index in [-0.39, 0.29) is 18.0 Å². The highest BCUT2D eigenvalue weighted by molar-refractivity contribution is 6.31. The van der Waals surface area contributed by atoms with E-state index in [9.17, 15) is 14.0 Å².